The average Bonchev–Trinajstić information content (AvgIpc) is 2.63. The van der Waals surface area contributed by atoms with E-state index in [1.54, 1.807) is 12.1 Å². The molecule has 0 aliphatic carbocycles. The Morgan fingerprint density at radius 1 is 1.30 bits per heavy atom. The summed E-state index contributed by atoms with van der Waals surface area (Å²) in [4.78, 5) is 27.8. The fourth-order valence-corrected chi connectivity index (χ4v) is 2.78. The monoisotopic (exact) mass is 435 g/mol. The molecule has 3 aromatic rings. The average molecular weight is 436 g/mol. The smallest absolute Gasteiger partial charge is 0.339 e. The van der Waals surface area contributed by atoms with Gasteiger partial charge in [0, 0.05) is 23.1 Å². The minimum absolute atomic E-state index is 0.0587. The van der Waals surface area contributed by atoms with Gasteiger partial charge in [-0.05, 0) is 29.8 Å². The number of halogens is 3. The molecule has 0 saturated carbocycles. The molecule has 0 spiro atoms. The van der Waals surface area contributed by atoms with Gasteiger partial charge in [0.25, 0.3) is 5.56 Å². The summed E-state index contributed by atoms with van der Waals surface area (Å²) >= 11 is 3.09. The van der Waals surface area contributed by atoms with Crippen LogP contribution in [0.5, 0.6) is 0 Å². The number of aromatic nitrogens is 2. The number of pyridine rings is 2. The lowest BCUT2D eigenvalue weighted by molar-refractivity contribution is 0.0696. The van der Waals surface area contributed by atoms with E-state index < -0.39 is 34.4 Å². The standard InChI is InChI=1S/C18H12BrF2N3O3/c19-11-3-4-14(13(20)6-11)23-16-12(18(26)27)9-24(17(25)15(16)21)8-10-2-1-5-22-7-10/h1-7,9,23H,8H2,(H,26,27). The SMILES string of the molecule is O=C(O)c1cn(Cc2cccnc2)c(=O)c(F)c1Nc1ccc(Br)cc1F. The highest BCUT2D eigenvalue weighted by Crippen LogP contribution is 2.26. The highest BCUT2D eigenvalue weighted by Gasteiger charge is 2.21. The van der Waals surface area contributed by atoms with E-state index >= 15 is 0 Å². The zero-order chi connectivity index (χ0) is 19.6. The van der Waals surface area contributed by atoms with E-state index in [9.17, 15) is 23.5 Å². The molecule has 0 atom stereocenters. The number of carboxylic acid groups (broad SMARTS) is 1. The number of carboxylic acids is 1. The van der Waals surface area contributed by atoms with Crippen LogP contribution in [0.2, 0.25) is 0 Å². The van der Waals surface area contributed by atoms with Crippen LogP contribution < -0.4 is 10.9 Å². The first-order valence-electron chi connectivity index (χ1n) is 7.64. The summed E-state index contributed by atoms with van der Waals surface area (Å²) in [6.07, 6.45) is 4.03. The molecule has 2 aromatic heterocycles. The molecule has 0 saturated heterocycles. The second-order valence-electron chi connectivity index (χ2n) is 5.58. The van der Waals surface area contributed by atoms with Gasteiger partial charge in [-0.25, -0.2) is 9.18 Å². The first-order chi connectivity index (χ1) is 12.9. The van der Waals surface area contributed by atoms with Gasteiger partial charge in [-0.1, -0.05) is 22.0 Å². The van der Waals surface area contributed by atoms with Gasteiger partial charge in [0.2, 0.25) is 5.82 Å². The lowest BCUT2D eigenvalue weighted by Crippen LogP contribution is -2.27. The Morgan fingerprint density at radius 2 is 2.07 bits per heavy atom. The molecule has 0 unspecified atom stereocenters. The van der Waals surface area contributed by atoms with E-state index in [1.807, 2.05) is 0 Å². The van der Waals surface area contributed by atoms with Crippen LogP contribution in [-0.4, -0.2) is 20.6 Å². The molecular formula is C18H12BrF2N3O3. The third-order valence-electron chi connectivity index (χ3n) is 3.72. The van der Waals surface area contributed by atoms with Gasteiger partial charge in [-0.3, -0.25) is 9.78 Å². The fourth-order valence-electron chi connectivity index (χ4n) is 2.45. The van der Waals surface area contributed by atoms with Crippen LogP contribution in [0.25, 0.3) is 0 Å². The molecule has 138 valence electrons. The van der Waals surface area contributed by atoms with Crippen molar-refractivity contribution in [2.45, 2.75) is 6.54 Å². The first kappa shape index (κ1) is 18.7. The topological polar surface area (TPSA) is 84.2 Å². The van der Waals surface area contributed by atoms with Crippen LogP contribution in [0.4, 0.5) is 20.2 Å². The molecule has 27 heavy (non-hydrogen) atoms. The zero-order valence-corrected chi connectivity index (χ0v) is 15.2. The third kappa shape index (κ3) is 4.03. The van der Waals surface area contributed by atoms with Crippen molar-refractivity contribution >= 4 is 33.3 Å². The lowest BCUT2D eigenvalue weighted by Gasteiger charge is -2.14. The van der Waals surface area contributed by atoms with Crippen molar-refractivity contribution in [1.29, 1.82) is 0 Å². The van der Waals surface area contributed by atoms with Crippen molar-refractivity contribution in [2.24, 2.45) is 0 Å². The van der Waals surface area contributed by atoms with Gasteiger partial charge < -0.3 is 15.0 Å². The molecule has 9 heteroatoms. The largest absolute Gasteiger partial charge is 0.478 e. The number of carbonyl (C=O) groups is 1. The first-order valence-corrected chi connectivity index (χ1v) is 8.43. The summed E-state index contributed by atoms with van der Waals surface area (Å²) in [5.41, 5.74) is -1.71. The molecule has 3 rings (SSSR count). The highest BCUT2D eigenvalue weighted by atomic mass is 79.9. The Labute approximate surface area is 160 Å². The predicted octanol–water partition coefficient (Wildman–Crippen LogP) is 3.77. The van der Waals surface area contributed by atoms with Crippen molar-refractivity contribution in [3.05, 3.63) is 86.5 Å². The maximum Gasteiger partial charge on any atom is 0.339 e. The Balaban J connectivity index is 2.07. The van der Waals surface area contributed by atoms with Gasteiger partial charge in [0.1, 0.15) is 11.4 Å². The van der Waals surface area contributed by atoms with Crippen LogP contribution in [0.1, 0.15) is 15.9 Å². The molecule has 2 N–H and O–H groups in total. The molecule has 0 aliphatic heterocycles. The number of hydrogen-bond donors (Lipinski definition) is 2. The minimum atomic E-state index is -1.46. The van der Waals surface area contributed by atoms with Crippen LogP contribution >= 0.6 is 15.9 Å². The fraction of sp³-hybridized carbons (Fsp3) is 0.0556. The summed E-state index contributed by atoms with van der Waals surface area (Å²) < 4.78 is 30.1. The van der Waals surface area contributed by atoms with Gasteiger partial charge in [-0.15, -0.1) is 0 Å². The molecule has 1 aromatic carbocycles. The maximum absolute atomic E-state index is 14.7. The number of rotatable bonds is 5. The predicted molar refractivity (Wildman–Crippen MR) is 98.3 cm³/mol. The molecule has 0 radical (unpaired) electrons. The second kappa shape index (κ2) is 7.67. The summed E-state index contributed by atoms with van der Waals surface area (Å²) in [6.45, 7) is -0.0587. The number of nitrogens with zero attached hydrogens (tertiary/aromatic N) is 2. The van der Waals surface area contributed by atoms with Crippen LogP contribution in [0, 0.1) is 11.6 Å². The molecular weight excluding hydrogens is 424 g/mol. The Hall–Kier alpha value is -3.07. The Morgan fingerprint density at radius 3 is 2.70 bits per heavy atom. The van der Waals surface area contributed by atoms with E-state index in [4.69, 9.17) is 0 Å². The molecule has 2 heterocycles. The lowest BCUT2D eigenvalue weighted by atomic mass is 10.2. The van der Waals surface area contributed by atoms with Gasteiger partial charge in [0.05, 0.1) is 17.9 Å². The van der Waals surface area contributed by atoms with Crippen LogP contribution in [-0.2, 0) is 6.54 Å². The van der Waals surface area contributed by atoms with Crippen molar-refractivity contribution in [2.75, 3.05) is 5.32 Å². The highest BCUT2D eigenvalue weighted by molar-refractivity contribution is 9.10. The van der Waals surface area contributed by atoms with Crippen LogP contribution in [0.15, 0.2) is 58.2 Å². The molecule has 0 fully saturated rings. The van der Waals surface area contributed by atoms with E-state index in [0.29, 0.717) is 10.0 Å². The number of anilines is 2. The van der Waals surface area contributed by atoms with Crippen molar-refractivity contribution in [3.8, 4) is 0 Å². The second-order valence-corrected chi connectivity index (χ2v) is 6.50. The summed E-state index contributed by atoms with van der Waals surface area (Å²) in [5.74, 6) is -3.52. The normalized spacial score (nSPS) is 10.6. The number of nitrogens with one attached hydrogen (secondary N) is 1. The molecule has 0 bridgehead atoms. The Bertz CT molecular complexity index is 1070. The zero-order valence-electron chi connectivity index (χ0n) is 13.6. The summed E-state index contributed by atoms with van der Waals surface area (Å²) in [5, 5.41) is 11.8. The van der Waals surface area contributed by atoms with Crippen molar-refractivity contribution in [1.82, 2.24) is 9.55 Å². The molecule has 0 amide bonds. The molecule has 0 aliphatic rings. The minimum Gasteiger partial charge on any atom is -0.478 e. The van der Waals surface area contributed by atoms with Gasteiger partial charge >= 0.3 is 5.97 Å². The third-order valence-corrected chi connectivity index (χ3v) is 4.21. The number of benzene rings is 1. The van der Waals surface area contributed by atoms with Crippen LogP contribution in [0.3, 0.4) is 0 Å². The summed E-state index contributed by atoms with van der Waals surface area (Å²) in [6, 6.07) is 7.23. The van der Waals surface area contributed by atoms with E-state index in [-0.39, 0.29) is 12.2 Å². The van der Waals surface area contributed by atoms with Gasteiger partial charge in [-0.2, -0.15) is 4.39 Å². The van der Waals surface area contributed by atoms with Gasteiger partial charge in [0.15, 0.2) is 0 Å². The summed E-state index contributed by atoms with van der Waals surface area (Å²) in [7, 11) is 0. The maximum atomic E-state index is 14.7. The molecule has 6 nitrogen and oxygen atoms in total. The quantitative estimate of drug-likeness (QED) is 0.636. The Kier molecular flexibility index (Phi) is 5.31. The van der Waals surface area contributed by atoms with Crippen molar-refractivity contribution < 1.29 is 18.7 Å². The van der Waals surface area contributed by atoms with Crippen molar-refractivity contribution in [3.63, 3.8) is 0 Å². The van der Waals surface area contributed by atoms with E-state index in [0.717, 1.165) is 16.8 Å². The number of aromatic carboxylic acids is 1. The number of hydrogen-bond acceptors (Lipinski definition) is 4. The van der Waals surface area contributed by atoms with E-state index in [1.165, 1.54) is 24.5 Å². The van der Waals surface area contributed by atoms with E-state index in [2.05, 4.69) is 26.2 Å².